The van der Waals surface area contributed by atoms with Gasteiger partial charge in [-0.05, 0) is 91.9 Å². The van der Waals surface area contributed by atoms with E-state index in [2.05, 4.69) is 65.5 Å². The van der Waals surface area contributed by atoms with Crippen LogP contribution in [-0.2, 0) is 0 Å². The van der Waals surface area contributed by atoms with E-state index in [0.29, 0.717) is 17.3 Å². The second kappa shape index (κ2) is 9.38. The average molecular weight is 397 g/mol. The lowest BCUT2D eigenvalue weighted by Gasteiger charge is -2.44. The Hall–Kier alpha value is -1.08. The first-order valence-corrected chi connectivity index (χ1v) is 12.2. The Bertz CT molecular complexity index is 678. The van der Waals surface area contributed by atoms with Crippen LogP contribution < -0.4 is 0 Å². The number of allylic oxidation sites excluding steroid dienone is 6. The van der Waals surface area contributed by atoms with Crippen LogP contribution in [0.3, 0.4) is 0 Å². The quantitative estimate of drug-likeness (QED) is 0.473. The Labute approximate surface area is 180 Å². The molecule has 3 aliphatic rings. The lowest BCUT2D eigenvalue weighted by molar-refractivity contribution is 0.112. The van der Waals surface area contributed by atoms with E-state index in [-0.39, 0.29) is 6.10 Å². The van der Waals surface area contributed by atoms with Gasteiger partial charge in [-0.1, -0.05) is 76.6 Å². The van der Waals surface area contributed by atoms with Gasteiger partial charge in [-0.15, -0.1) is 0 Å². The molecule has 3 aliphatic carbocycles. The van der Waals surface area contributed by atoms with Crippen molar-refractivity contribution in [1.29, 1.82) is 0 Å². The zero-order valence-corrected chi connectivity index (χ0v) is 19.6. The zero-order valence-electron chi connectivity index (χ0n) is 19.6. The molecule has 0 spiro atoms. The van der Waals surface area contributed by atoms with Gasteiger partial charge in [-0.2, -0.15) is 0 Å². The first-order valence-electron chi connectivity index (χ1n) is 12.2. The molecule has 0 radical (unpaired) electrons. The van der Waals surface area contributed by atoms with Gasteiger partial charge in [-0.3, -0.25) is 0 Å². The molecule has 3 fully saturated rings. The van der Waals surface area contributed by atoms with Crippen LogP contribution in [0.4, 0.5) is 0 Å². The number of hydrogen-bond donors (Lipinski definition) is 1. The molecule has 3 rings (SSSR count). The molecule has 1 nitrogen and oxygen atoms in total. The van der Waals surface area contributed by atoms with Crippen molar-refractivity contribution in [3.05, 3.63) is 47.6 Å². The van der Waals surface area contributed by atoms with Crippen molar-refractivity contribution in [3.8, 4) is 0 Å². The molecule has 0 aromatic heterocycles. The molecule has 0 heterocycles. The first-order chi connectivity index (χ1) is 13.7. The third-order valence-electron chi connectivity index (χ3n) is 8.63. The summed E-state index contributed by atoms with van der Waals surface area (Å²) in [5, 5.41) is 10.0. The van der Waals surface area contributed by atoms with E-state index in [1.165, 1.54) is 43.3 Å². The number of aliphatic hydroxyl groups is 1. The first kappa shape index (κ1) is 22.6. The SMILES string of the molecule is C=C1CC[C@H](O)C/C1=C/C=C1\CCCC2(C)C1CC[C@@H]2[C@H](C)/C=C/[C@H](C)C(C)C. The Morgan fingerprint density at radius 1 is 1.03 bits per heavy atom. The molecule has 0 aromatic rings. The van der Waals surface area contributed by atoms with Crippen LogP contribution in [0.2, 0.25) is 0 Å². The van der Waals surface area contributed by atoms with Crippen molar-refractivity contribution in [3.63, 3.8) is 0 Å². The molecular weight excluding hydrogens is 352 g/mol. The van der Waals surface area contributed by atoms with Crippen molar-refractivity contribution in [2.45, 2.75) is 92.1 Å². The minimum absolute atomic E-state index is 0.182. The summed E-state index contributed by atoms with van der Waals surface area (Å²) >= 11 is 0. The predicted octanol–water partition coefficient (Wildman–Crippen LogP) is 7.64. The molecule has 162 valence electrons. The molecule has 3 saturated carbocycles. The van der Waals surface area contributed by atoms with E-state index < -0.39 is 0 Å². The van der Waals surface area contributed by atoms with Gasteiger partial charge in [0.1, 0.15) is 0 Å². The Morgan fingerprint density at radius 2 is 1.79 bits per heavy atom. The normalized spacial score (nSPS) is 38.2. The summed E-state index contributed by atoms with van der Waals surface area (Å²) < 4.78 is 0. The highest BCUT2D eigenvalue weighted by molar-refractivity contribution is 5.36. The van der Waals surface area contributed by atoms with Gasteiger partial charge in [0.05, 0.1) is 6.10 Å². The number of fused-ring (bicyclic) bond motifs is 1. The second-order valence-electron chi connectivity index (χ2n) is 10.9. The second-order valence-corrected chi connectivity index (χ2v) is 10.9. The fraction of sp³-hybridized carbons (Fsp3) is 0.714. The summed E-state index contributed by atoms with van der Waals surface area (Å²) in [4.78, 5) is 0. The van der Waals surface area contributed by atoms with E-state index >= 15 is 0 Å². The third kappa shape index (κ3) is 4.98. The largest absolute Gasteiger partial charge is 0.393 e. The molecule has 0 aromatic carbocycles. The van der Waals surface area contributed by atoms with Crippen LogP contribution in [0.5, 0.6) is 0 Å². The fourth-order valence-corrected chi connectivity index (χ4v) is 6.25. The van der Waals surface area contributed by atoms with Crippen molar-refractivity contribution in [2.24, 2.45) is 35.0 Å². The highest BCUT2D eigenvalue weighted by atomic mass is 16.3. The molecule has 6 atom stereocenters. The van der Waals surface area contributed by atoms with Crippen LogP contribution in [0.1, 0.15) is 86.0 Å². The van der Waals surface area contributed by atoms with E-state index in [9.17, 15) is 5.11 Å². The van der Waals surface area contributed by atoms with Crippen molar-refractivity contribution in [1.82, 2.24) is 0 Å². The lowest BCUT2D eigenvalue weighted by atomic mass is 9.61. The molecule has 29 heavy (non-hydrogen) atoms. The van der Waals surface area contributed by atoms with Gasteiger partial charge < -0.3 is 5.11 Å². The van der Waals surface area contributed by atoms with Gasteiger partial charge in [0.25, 0.3) is 0 Å². The molecule has 0 saturated heterocycles. The number of rotatable bonds is 5. The summed E-state index contributed by atoms with van der Waals surface area (Å²) in [5.74, 6) is 3.58. The average Bonchev–Trinajstić information content (AvgIpc) is 3.04. The topological polar surface area (TPSA) is 20.2 Å². The highest BCUT2D eigenvalue weighted by Crippen LogP contribution is 2.59. The Kier molecular flexibility index (Phi) is 7.31. The molecule has 2 unspecified atom stereocenters. The Morgan fingerprint density at radius 3 is 2.52 bits per heavy atom. The molecule has 1 N–H and O–H groups in total. The van der Waals surface area contributed by atoms with E-state index in [4.69, 9.17) is 0 Å². The maximum atomic E-state index is 10.0. The maximum absolute atomic E-state index is 10.0. The maximum Gasteiger partial charge on any atom is 0.0583 e. The van der Waals surface area contributed by atoms with Crippen molar-refractivity contribution in [2.75, 3.05) is 0 Å². The van der Waals surface area contributed by atoms with Gasteiger partial charge >= 0.3 is 0 Å². The van der Waals surface area contributed by atoms with Crippen LogP contribution in [0, 0.1) is 35.0 Å². The summed E-state index contributed by atoms with van der Waals surface area (Å²) in [7, 11) is 0. The van der Waals surface area contributed by atoms with Gasteiger partial charge in [-0.25, -0.2) is 0 Å². The zero-order chi connectivity index (χ0) is 21.2. The summed E-state index contributed by atoms with van der Waals surface area (Å²) in [6.45, 7) is 16.3. The summed E-state index contributed by atoms with van der Waals surface area (Å²) in [6, 6.07) is 0. The lowest BCUT2D eigenvalue weighted by Crippen LogP contribution is -2.35. The summed E-state index contributed by atoms with van der Waals surface area (Å²) in [5.41, 5.74) is 4.61. The standard InChI is InChI=1S/C28H44O/c1-19(2)20(3)9-10-22(5)26-15-16-27-23(8-7-17-28(26,27)6)12-13-24-18-25(29)14-11-21(24)4/h9-10,12-13,19-20,22,25-27,29H,4,7-8,11,14-18H2,1-3,5-6H3/b10-9+,23-12+,24-13-/t20-,22+,25-,26+,27?,28?/m0/s1. The fourth-order valence-electron chi connectivity index (χ4n) is 6.25. The van der Waals surface area contributed by atoms with Crippen LogP contribution in [-0.4, -0.2) is 11.2 Å². The predicted molar refractivity (Wildman–Crippen MR) is 126 cm³/mol. The van der Waals surface area contributed by atoms with E-state index in [1.807, 2.05) is 0 Å². The molecule has 0 amide bonds. The Balaban J connectivity index is 1.75. The van der Waals surface area contributed by atoms with Gasteiger partial charge in [0.2, 0.25) is 0 Å². The minimum atomic E-state index is -0.182. The van der Waals surface area contributed by atoms with Crippen molar-refractivity contribution < 1.29 is 5.11 Å². The number of aliphatic hydroxyl groups excluding tert-OH is 1. The van der Waals surface area contributed by atoms with Gasteiger partial charge in [0.15, 0.2) is 0 Å². The smallest absolute Gasteiger partial charge is 0.0583 e. The van der Waals surface area contributed by atoms with Crippen LogP contribution >= 0.6 is 0 Å². The molecular formula is C28H44O. The third-order valence-corrected chi connectivity index (χ3v) is 8.63. The number of hydrogen-bond acceptors (Lipinski definition) is 1. The van der Waals surface area contributed by atoms with E-state index in [0.717, 1.165) is 37.0 Å². The van der Waals surface area contributed by atoms with Gasteiger partial charge in [0, 0.05) is 0 Å². The minimum Gasteiger partial charge on any atom is -0.393 e. The molecule has 0 aliphatic heterocycles. The van der Waals surface area contributed by atoms with Crippen LogP contribution in [0.25, 0.3) is 0 Å². The highest BCUT2D eigenvalue weighted by Gasteiger charge is 2.50. The molecule has 0 bridgehead atoms. The monoisotopic (exact) mass is 396 g/mol. The van der Waals surface area contributed by atoms with E-state index in [1.54, 1.807) is 5.57 Å². The summed E-state index contributed by atoms with van der Waals surface area (Å²) in [6.07, 6.45) is 18.8. The van der Waals surface area contributed by atoms with Crippen LogP contribution in [0.15, 0.2) is 47.6 Å². The van der Waals surface area contributed by atoms with Crippen molar-refractivity contribution >= 4 is 0 Å². The molecule has 1 heteroatoms.